The lowest BCUT2D eigenvalue weighted by Gasteiger charge is -2.29. The molecule has 0 aliphatic rings. The van der Waals surface area contributed by atoms with Gasteiger partial charge in [-0.3, -0.25) is 5.01 Å². The van der Waals surface area contributed by atoms with Crippen molar-refractivity contribution in [3.8, 4) is 0 Å². The summed E-state index contributed by atoms with van der Waals surface area (Å²) in [6, 6.07) is 8.74. The Hall–Kier alpha value is -2.15. The van der Waals surface area contributed by atoms with E-state index < -0.39 is 23.8 Å². The molecular formula is C18H29N3O4. The molecule has 0 aliphatic carbocycles. The van der Waals surface area contributed by atoms with Crippen LogP contribution in [0, 0.1) is 4.91 Å². The van der Waals surface area contributed by atoms with Gasteiger partial charge in [0, 0.05) is 6.04 Å². The molecule has 1 aromatic rings. The maximum absolute atomic E-state index is 12.1. The second-order valence-corrected chi connectivity index (χ2v) is 7.31. The molecule has 0 fully saturated rings. The minimum Gasteiger partial charge on any atom is -0.444 e. The second-order valence-electron chi connectivity index (χ2n) is 7.31. The van der Waals surface area contributed by atoms with Crippen molar-refractivity contribution in [2.45, 2.75) is 64.8 Å². The van der Waals surface area contributed by atoms with Crippen LogP contribution in [0.3, 0.4) is 0 Å². The van der Waals surface area contributed by atoms with Crippen molar-refractivity contribution in [1.82, 2.24) is 10.3 Å². The zero-order valence-corrected chi connectivity index (χ0v) is 15.6. The summed E-state index contributed by atoms with van der Waals surface area (Å²) in [4.78, 5) is 23.0. The maximum Gasteiger partial charge on any atom is 0.407 e. The standard InChI is InChI=1S/C18H29N3O4/c1-13(2)21(20-24)12-16(22)15(11-14-9-7-6-8-10-14)19-17(23)25-18(3,4)5/h6-10,13,15-16,22H,11-12H2,1-5H3,(H,19,23)/t15-,16+/m0/s1. The number of alkyl carbamates (subject to hydrolysis) is 1. The Morgan fingerprint density at radius 1 is 1.28 bits per heavy atom. The number of carbonyl (C=O) groups is 1. The molecule has 0 aromatic heterocycles. The fraction of sp³-hybridized carbons (Fsp3) is 0.611. The number of ether oxygens (including phenoxy) is 1. The molecule has 25 heavy (non-hydrogen) atoms. The molecule has 0 bridgehead atoms. The Morgan fingerprint density at radius 2 is 1.88 bits per heavy atom. The summed E-state index contributed by atoms with van der Waals surface area (Å²) in [5.41, 5.74) is 0.318. The largest absolute Gasteiger partial charge is 0.444 e. The summed E-state index contributed by atoms with van der Waals surface area (Å²) in [7, 11) is 0. The van der Waals surface area contributed by atoms with Crippen molar-refractivity contribution in [3.63, 3.8) is 0 Å². The highest BCUT2D eigenvalue weighted by atomic mass is 16.6. The average Bonchev–Trinajstić information content (AvgIpc) is 2.50. The van der Waals surface area contributed by atoms with E-state index in [1.54, 1.807) is 20.8 Å². The summed E-state index contributed by atoms with van der Waals surface area (Å²) in [5, 5.41) is 17.5. The number of hydrogen-bond acceptors (Lipinski definition) is 5. The first kappa shape index (κ1) is 20.9. The molecule has 0 saturated carbocycles. The molecule has 1 aromatic carbocycles. The van der Waals surface area contributed by atoms with E-state index in [0.29, 0.717) is 6.42 Å². The lowest BCUT2D eigenvalue weighted by Crippen LogP contribution is -2.50. The Morgan fingerprint density at radius 3 is 2.36 bits per heavy atom. The van der Waals surface area contributed by atoms with Crippen molar-refractivity contribution in [1.29, 1.82) is 0 Å². The highest BCUT2D eigenvalue weighted by molar-refractivity contribution is 5.68. The lowest BCUT2D eigenvalue weighted by molar-refractivity contribution is 0.0339. The number of rotatable bonds is 8. The van der Waals surface area contributed by atoms with E-state index in [1.165, 1.54) is 5.01 Å². The third-order valence-electron chi connectivity index (χ3n) is 3.54. The van der Waals surface area contributed by atoms with Crippen LogP contribution in [-0.4, -0.2) is 46.5 Å². The van der Waals surface area contributed by atoms with Crippen LogP contribution < -0.4 is 5.32 Å². The van der Waals surface area contributed by atoms with E-state index in [1.807, 2.05) is 44.2 Å². The molecule has 7 nitrogen and oxygen atoms in total. The van der Waals surface area contributed by atoms with Crippen LogP contribution in [-0.2, 0) is 11.2 Å². The first-order valence-corrected chi connectivity index (χ1v) is 8.44. The summed E-state index contributed by atoms with van der Waals surface area (Å²) in [6.45, 7) is 8.95. The number of aliphatic hydroxyl groups excluding tert-OH is 1. The van der Waals surface area contributed by atoms with E-state index in [0.717, 1.165) is 5.56 Å². The van der Waals surface area contributed by atoms with Gasteiger partial charge >= 0.3 is 6.09 Å². The zero-order valence-electron chi connectivity index (χ0n) is 15.6. The van der Waals surface area contributed by atoms with Crippen LogP contribution >= 0.6 is 0 Å². The number of benzene rings is 1. The van der Waals surface area contributed by atoms with E-state index in [4.69, 9.17) is 4.74 Å². The Bertz CT molecular complexity index is 543. The van der Waals surface area contributed by atoms with Gasteiger partial charge in [-0.1, -0.05) is 30.3 Å². The Balaban J connectivity index is 2.86. The van der Waals surface area contributed by atoms with Crippen LogP contribution in [0.25, 0.3) is 0 Å². The van der Waals surface area contributed by atoms with Gasteiger partial charge in [0.1, 0.15) is 5.60 Å². The van der Waals surface area contributed by atoms with E-state index >= 15 is 0 Å². The molecule has 2 atom stereocenters. The fourth-order valence-electron chi connectivity index (χ4n) is 2.27. The Labute approximate surface area is 149 Å². The van der Waals surface area contributed by atoms with Gasteiger partial charge in [-0.15, -0.1) is 4.91 Å². The van der Waals surface area contributed by atoms with Crippen molar-refractivity contribution >= 4 is 6.09 Å². The smallest absolute Gasteiger partial charge is 0.407 e. The van der Waals surface area contributed by atoms with Crippen LogP contribution in [0.15, 0.2) is 35.6 Å². The maximum atomic E-state index is 12.1. The van der Waals surface area contributed by atoms with Gasteiger partial charge in [-0.05, 0) is 46.6 Å². The predicted octanol–water partition coefficient (Wildman–Crippen LogP) is 2.88. The van der Waals surface area contributed by atoms with E-state index in [2.05, 4.69) is 10.6 Å². The van der Waals surface area contributed by atoms with Gasteiger partial charge < -0.3 is 15.2 Å². The number of carbonyl (C=O) groups excluding carboxylic acids is 1. The second kappa shape index (κ2) is 9.36. The molecule has 1 amide bonds. The van der Waals surface area contributed by atoms with Crippen molar-refractivity contribution < 1.29 is 14.6 Å². The number of nitroso groups, excluding NO2 is 1. The van der Waals surface area contributed by atoms with Crippen molar-refractivity contribution in [3.05, 3.63) is 40.8 Å². The molecule has 7 heteroatoms. The topological polar surface area (TPSA) is 91.2 Å². The molecule has 0 aliphatic heterocycles. The predicted molar refractivity (Wildman–Crippen MR) is 96.9 cm³/mol. The van der Waals surface area contributed by atoms with Gasteiger partial charge in [0.15, 0.2) is 0 Å². The van der Waals surface area contributed by atoms with Crippen molar-refractivity contribution in [2.24, 2.45) is 5.29 Å². The minimum absolute atomic E-state index is 0.0223. The number of nitrogens with zero attached hydrogens (tertiary/aromatic N) is 2. The quantitative estimate of drug-likeness (QED) is 0.555. The molecule has 0 unspecified atom stereocenters. The SMILES string of the molecule is CC(C)N(C[C@@H](O)[C@H](Cc1ccccc1)NC(=O)OC(C)(C)C)N=O. The highest BCUT2D eigenvalue weighted by Gasteiger charge is 2.27. The van der Waals surface area contributed by atoms with Gasteiger partial charge in [-0.2, -0.15) is 0 Å². The van der Waals surface area contributed by atoms with Crippen molar-refractivity contribution in [2.75, 3.05) is 6.54 Å². The summed E-state index contributed by atoms with van der Waals surface area (Å²) >= 11 is 0. The number of hydrogen-bond donors (Lipinski definition) is 2. The summed E-state index contributed by atoms with van der Waals surface area (Å²) < 4.78 is 5.27. The van der Waals surface area contributed by atoms with Crippen LogP contribution in [0.4, 0.5) is 4.79 Å². The third-order valence-corrected chi connectivity index (χ3v) is 3.54. The zero-order chi connectivity index (χ0) is 19.0. The normalized spacial score (nSPS) is 13.9. The molecular weight excluding hydrogens is 322 g/mol. The fourth-order valence-corrected chi connectivity index (χ4v) is 2.27. The minimum atomic E-state index is -0.979. The average molecular weight is 351 g/mol. The first-order chi connectivity index (χ1) is 11.6. The monoisotopic (exact) mass is 351 g/mol. The highest BCUT2D eigenvalue weighted by Crippen LogP contribution is 2.12. The number of aliphatic hydroxyl groups is 1. The van der Waals surface area contributed by atoms with Crippen LogP contribution in [0.1, 0.15) is 40.2 Å². The van der Waals surface area contributed by atoms with Gasteiger partial charge in [-0.25, -0.2) is 4.79 Å². The number of amides is 1. The molecule has 0 spiro atoms. The first-order valence-electron chi connectivity index (χ1n) is 8.44. The van der Waals surface area contributed by atoms with Crippen LogP contribution in [0.5, 0.6) is 0 Å². The summed E-state index contributed by atoms with van der Waals surface area (Å²) in [5.74, 6) is 0. The molecule has 0 heterocycles. The molecule has 140 valence electrons. The summed E-state index contributed by atoms with van der Waals surface area (Å²) in [6.07, 6.45) is -1.18. The van der Waals surface area contributed by atoms with E-state index in [-0.39, 0.29) is 12.6 Å². The molecule has 1 rings (SSSR count). The van der Waals surface area contributed by atoms with Gasteiger partial charge in [0.05, 0.1) is 24.0 Å². The molecule has 0 saturated heterocycles. The van der Waals surface area contributed by atoms with E-state index in [9.17, 15) is 14.8 Å². The van der Waals surface area contributed by atoms with Gasteiger partial charge in [0.2, 0.25) is 0 Å². The number of nitrogens with one attached hydrogen (secondary N) is 1. The Kier molecular flexibility index (Phi) is 7.83. The van der Waals surface area contributed by atoms with Gasteiger partial charge in [0.25, 0.3) is 0 Å². The molecule has 0 radical (unpaired) electrons. The lowest BCUT2D eigenvalue weighted by atomic mass is 10.0. The molecule has 2 N–H and O–H groups in total. The third kappa shape index (κ3) is 7.98. The van der Waals surface area contributed by atoms with Crippen LogP contribution in [0.2, 0.25) is 0 Å².